The van der Waals surface area contributed by atoms with E-state index in [0.29, 0.717) is 6.04 Å². The average Bonchev–Trinajstić information content (AvgIpc) is 3.22. The molecule has 2 aromatic rings. The molecule has 0 N–H and O–H groups in total. The van der Waals surface area contributed by atoms with Crippen molar-refractivity contribution in [3.8, 4) is 0 Å². The van der Waals surface area contributed by atoms with E-state index in [1.807, 2.05) is 26.6 Å². The van der Waals surface area contributed by atoms with E-state index in [-0.39, 0.29) is 17.5 Å². The molecule has 6 nitrogen and oxygen atoms in total. The monoisotopic (exact) mass is 423 g/mol. The Morgan fingerprint density at radius 2 is 1.90 bits per heavy atom. The van der Waals surface area contributed by atoms with Crippen molar-refractivity contribution in [2.45, 2.75) is 64.7 Å². The molecule has 1 aromatic heterocycles. The van der Waals surface area contributed by atoms with Gasteiger partial charge in [-0.2, -0.15) is 0 Å². The minimum absolute atomic E-state index is 0.0128. The van der Waals surface area contributed by atoms with Gasteiger partial charge >= 0.3 is 0 Å². The quantitative estimate of drug-likeness (QED) is 0.757. The molecule has 1 atom stereocenters. The number of carbonyl (C=O) groups excluding carboxylic acids is 1. The van der Waals surface area contributed by atoms with E-state index < -0.39 is 0 Å². The summed E-state index contributed by atoms with van der Waals surface area (Å²) in [6.07, 6.45) is 6.02. The lowest BCUT2D eigenvalue weighted by molar-refractivity contribution is -0.138. The lowest BCUT2D eigenvalue weighted by atomic mass is 9.82. The van der Waals surface area contributed by atoms with Crippen molar-refractivity contribution in [3.05, 3.63) is 53.1 Å². The fourth-order valence-electron chi connectivity index (χ4n) is 5.26. The Hall–Kier alpha value is -2.18. The summed E-state index contributed by atoms with van der Waals surface area (Å²) in [6.45, 7) is 12.8. The summed E-state index contributed by atoms with van der Waals surface area (Å²) in [5, 5.41) is 0. The number of rotatable bonds is 4. The van der Waals surface area contributed by atoms with Crippen LogP contribution in [0.2, 0.25) is 0 Å². The van der Waals surface area contributed by atoms with E-state index in [1.54, 1.807) is 4.90 Å². The molecular formula is C25H37N5O. The highest BCUT2D eigenvalue weighted by Gasteiger charge is 2.48. The largest absolute Gasteiger partial charge is 0.347 e. The van der Waals surface area contributed by atoms with Crippen LogP contribution in [0, 0.1) is 13.8 Å². The number of piperidine rings is 1. The lowest BCUT2D eigenvalue weighted by Crippen LogP contribution is -2.60. The highest BCUT2D eigenvalue weighted by atomic mass is 16.2. The lowest BCUT2D eigenvalue weighted by Gasteiger charge is -2.52. The van der Waals surface area contributed by atoms with E-state index in [0.717, 1.165) is 44.7 Å². The van der Waals surface area contributed by atoms with Gasteiger partial charge in [0.05, 0.1) is 23.8 Å². The van der Waals surface area contributed by atoms with Gasteiger partial charge in [-0.05, 0) is 57.2 Å². The van der Waals surface area contributed by atoms with Crippen molar-refractivity contribution in [1.29, 1.82) is 0 Å². The molecule has 168 valence electrons. The molecule has 1 spiro atoms. The molecule has 1 amide bonds. The van der Waals surface area contributed by atoms with Gasteiger partial charge in [-0.25, -0.2) is 4.98 Å². The predicted octanol–water partition coefficient (Wildman–Crippen LogP) is 3.34. The van der Waals surface area contributed by atoms with Crippen molar-refractivity contribution >= 4 is 5.91 Å². The molecule has 1 saturated heterocycles. The maximum Gasteiger partial charge on any atom is 0.245 e. The molecule has 3 heterocycles. The summed E-state index contributed by atoms with van der Waals surface area (Å²) in [6, 6.07) is 6.86. The Bertz CT molecular complexity index is 939. The van der Waals surface area contributed by atoms with Crippen LogP contribution in [0.4, 0.5) is 0 Å². The van der Waals surface area contributed by atoms with Gasteiger partial charge < -0.3 is 9.47 Å². The summed E-state index contributed by atoms with van der Waals surface area (Å²) in [7, 11) is 3.69. The summed E-state index contributed by atoms with van der Waals surface area (Å²) in [5.41, 5.74) is 5.17. The van der Waals surface area contributed by atoms with Crippen LogP contribution < -0.4 is 0 Å². The fraction of sp³-hybridized carbons (Fsp3) is 0.600. The standard InChI is InChI=1S/C25H37N5O/c1-18(2)29-16-25(30-17-26-14-22(30)23(29)24(31)27(5)6)9-11-28(12-10-25)15-21-8-7-19(3)20(4)13-21/h7-8,13-14,17-18,23H,9-12,15-16H2,1-6H3/t23-/m1/s1. The Morgan fingerprint density at radius 3 is 2.52 bits per heavy atom. The maximum atomic E-state index is 13.1. The first kappa shape index (κ1) is 22.0. The van der Waals surface area contributed by atoms with Gasteiger partial charge in [0.15, 0.2) is 0 Å². The number of hydrogen-bond donors (Lipinski definition) is 0. The third kappa shape index (κ3) is 4.03. The Labute approximate surface area is 186 Å². The average molecular weight is 424 g/mol. The zero-order chi connectivity index (χ0) is 22.3. The molecule has 4 rings (SSSR count). The van der Waals surface area contributed by atoms with Crippen LogP contribution >= 0.6 is 0 Å². The molecule has 6 heteroatoms. The Morgan fingerprint density at radius 1 is 1.19 bits per heavy atom. The third-order valence-corrected chi connectivity index (χ3v) is 7.37. The number of likely N-dealkylation sites (N-methyl/N-ethyl adjacent to an activating group) is 1. The minimum Gasteiger partial charge on any atom is -0.347 e. The number of benzene rings is 1. The van der Waals surface area contributed by atoms with Crippen molar-refractivity contribution < 1.29 is 4.79 Å². The summed E-state index contributed by atoms with van der Waals surface area (Å²) >= 11 is 0. The summed E-state index contributed by atoms with van der Waals surface area (Å²) in [5.74, 6) is 0.137. The topological polar surface area (TPSA) is 44.6 Å². The fourth-order valence-corrected chi connectivity index (χ4v) is 5.26. The molecule has 1 fully saturated rings. The number of nitrogens with zero attached hydrogens (tertiary/aromatic N) is 5. The molecule has 0 radical (unpaired) electrons. The Kier molecular flexibility index (Phi) is 5.97. The molecule has 31 heavy (non-hydrogen) atoms. The third-order valence-electron chi connectivity index (χ3n) is 7.37. The van der Waals surface area contributed by atoms with E-state index in [4.69, 9.17) is 0 Å². The van der Waals surface area contributed by atoms with Crippen LogP contribution in [0.1, 0.15) is 55.1 Å². The van der Waals surface area contributed by atoms with Crippen molar-refractivity contribution in [3.63, 3.8) is 0 Å². The van der Waals surface area contributed by atoms with Gasteiger partial charge in [0.25, 0.3) is 0 Å². The predicted molar refractivity (Wildman–Crippen MR) is 124 cm³/mol. The first-order chi connectivity index (χ1) is 14.7. The van der Waals surface area contributed by atoms with Gasteiger partial charge in [0, 0.05) is 46.3 Å². The van der Waals surface area contributed by atoms with Crippen molar-refractivity contribution in [1.82, 2.24) is 24.3 Å². The second-order valence-electron chi connectivity index (χ2n) is 10.0. The number of hydrogen-bond acceptors (Lipinski definition) is 4. The molecule has 0 saturated carbocycles. The van der Waals surface area contributed by atoms with Crippen molar-refractivity contribution in [2.24, 2.45) is 0 Å². The van der Waals surface area contributed by atoms with Crippen LogP contribution in [-0.4, -0.2) is 69.9 Å². The van der Waals surface area contributed by atoms with Crippen LogP contribution in [-0.2, 0) is 16.9 Å². The van der Waals surface area contributed by atoms with Crippen LogP contribution in [0.5, 0.6) is 0 Å². The molecule has 0 unspecified atom stereocenters. The van der Waals surface area contributed by atoms with E-state index in [1.165, 1.54) is 16.7 Å². The number of likely N-dealkylation sites (tertiary alicyclic amines) is 1. The van der Waals surface area contributed by atoms with Gasteiger partial charge in [-0.1, -0.05) is 18.2 Å². The van der Waals surface area contributed by atoms with Gasteiger partial charge in [-0.3, -0.25) is 14.6 Å². The molecule has 0 bridgehead atoms. The normalized spacial score (nSPS) is 21.5. The van der Waals surface area contributed by atoms with Crippen molar-refractivity contribution in [2.75, 3.05) is 33.7 Å². The SMILES string of the molecule is Cc1ccc(CN2CCC3(CC2)CN(C(C)C)[C@@H](C(=O)N(C)C)c2cncn23)cc1C. The number of aryl methyl sites for hydroxylation is 2. The second kappa shape index (κ2) is 8.40. The first-order valence-electron chi connectivity index (χ1n) is 11.5. The molecule has 1 aromatic carbocycles. The van der Waals surface area contributed by atoms with Gasteiger partial charge in [0.1, 0.15) is 6.04 Å². The van der Waals surface area contributed by atoms with E-state index in [9.17, 15) is 4.79 Å². The zero-order valence-corrected chi connectivity index (χ0v) is 19.9. The molecular weight excluding hydrogens is 386 g/mol. The van der Waals surface area contributed by atoms with Crippen LogP contribution in [0.3, 0.4) is 0 Å². The van der Waals surface area contributed by atoms with E-state index in [2.05, 4.69) is 65.2 Å². The summed E-state index contributed by atoms with van der Waals surface area (Å²) < 4.78 is 2.34. The Balaban J connectivity index is 1.56. The zero-order valence-electron chi connectivity index (χ0n) is 19.9. The molecule has 2 aliphatic rings. The van der Waals surface area contributed by atoms with Crippen LogP contribution in [0.15, 0.2) is 30.7 Å². The smallest absolute Gasteiger partial charge is 0.245 e. The molecule has 2 aliphatic heterocycles. The number of aromatic nitrogens is 2. The number of amides is 1. The number of fused-ring (bicyclic) bond motifs is 2. The highest BCUT2D eigenvalue weighted by molar-refractivity contribution is 5.82. The highest BCUT2D eigenvalue weighted by Crippen LogP contribution is 2.42. The first-order valence-corrected chi connectivity index (χ1v) is 11.5. The van der Waals surface area contributed by atoms with Gasteiger partial charge in [0.2, 0.25) is 5.91 Å². The number of carbonyl (C=O) groups is 1. The number of imidazole rings is 1. The van der Waals surface area contributed by atoms with Gasteiger partial charge in [-0.15, -0.1) is 0 Å². The summed E-state index contributed by atoms with van der Waals surface area (Å²) in [4.78, 5) is 24.3. The second-order valence-corrected chi connectivity index (χ2v) is 10.0. The maximum absolute atomic E-state index is 13.1. The minimum atomic E-state index is -0.253. The molecule has 0 aliphatic carbocycles. The van der Waals surface area contributed by atoms with E-state index >= 15 is 0 Å². The van der Waals surface area contributed by atoms with Crippen LogP contribution in [0.25, 0.3) is 0 Å².